The van der Waals surface area contributed by atoms with Crippen LogP contribution in [-0.2, 0) is 0 Å². The molecule has 11 heavy (non-hydrogen) atoms. The fraction of sp³-hybridized carbons (Fsp3) is 0.625. The summed E-state index contributed by atoms with van der Waals surface area (Å²) >= 11 is 0. The van der Waals surface area contributed by atoms with Crippen LogP contribution in [0.4, 0.5) is 0 Å². The predicted molar refractivity (Wildman–Crippen MR) is 43.2 cm³/mol. The summed E-state index contributed by atoms with van der Waals surface area (Å²) in [7, 11) is 0. The maximum atomic E-state index is 5.84. The lowest BCUT2D eigenvalue weighted by Crippen LogP contribution is -2.10. The van der Waals surface area contributed by atoms with E-state index in [1.54, 1.807) is 0 Å². The second-order valence-corrected chi connectivity index (χ2v) is 2.75. The van der Waals surface area contributed by atoms with Crippen LogP contribution in [0, 0.1) is 13.8 Å². The second kappa shape index (κ2) is 3.05. The molecular formula is C8H14N2O. The van der Waals surface area contributed by atoms with E-state index in [4.69, 9.17) is 10.3 Å². The van der Waals surface area contributed by atoms with Gasteiger partial charge in [-0.05, 0) is 20.3 Å². The molecule has 1 aromatic rings. The molecule has 0 saturated carbocycles. The number of nitrogens with zero attached hydrogens (tertiary/aromatic N) is 1. The van der Waals surface area contributed by atoms with E-state index in [2.05, 4.69) is 12.1 Å². The van der Waals surface area contributed by atoms with Gasteiger partial charge >= 0.3 is 0 Å². The first-order chi connectivity index (χ1) is 5.16. The van der Waals surface area contributed by atoms with Gasteiger partial charge in [-0.1, -0.05) is 12.1 Å². The van der Waals surface area contributed by atoms with Crippen molar-refractivity contribution in [1.29, 1.82) is 0 Å². The van der Waals surface area contributed by atoms with Crippen LogP contribution in [0.2, 0.25) is 0 Å². The molecule has 0 aromatic carbocycles. The maximum Gasteiger partial charge on any atom is 0.138 e. The molecule has 0 unspecified atom stereocenters. The largest absolute Gasteiger partial charge is 0.361 e. The van der Waals surface area contributed by atoms with Gasteiger partial charge in [0.15, 0.2) is 0 Å². The highest BCUT2D eigenvalue weighted by Gasteiger charge is 2.14. The molecule has 0 amide bonds. The highest BCUT2D eigenvalue weighted by Crippen LogP contribution is 2.21. The van der Waals surface area contributed by atoms with Crippen LogP contribution in [0.1, 0.15) is 36.4 Å². The molecule has 0 aliphatic carbocycles. The molecule has 62 valence electrons. The van der Waals surface area contributed by atoms with Gasteiger partial charge < -0.3 is 10.3 Å². The van der Waals surface area contributed by atoms with E-state index in [-0.39, 0.29) is 6.04 Å². The Morgan fingerprint density at radius 1 is 1.55 bits per heavy atom. The summed E-state index contributed by atoms with van der Waals surface area (Å²) in [5.41, 5.74) is 7.82. The molecule has 3 heteroatoms. The van der Waals surface area contributed by atoms with E-state index in [9.17, 15) is 0 Å². The normalized spacial score (nSPS) is 13.5. The zero-order valence-corrected chi connectivity index (χ0v) is 7.22. The number of nitrogens with two attached hydrogens (primary N) is 1. The van der Waals surface area contributed by atoms with E-state index in [0.29, 0.717) is 0 Å². The predicted octanol–water partition coefficient (Wildman–Crippen LogP) is 1.70. The van der Waals surface area contributed by atoms with Gasteiger partial charge in [-0.3, -0.25) is 0 Å². The molecule has 0 aliphatic heterocycles. The lowest BCUT2D eigenvalue weighted by Gasteiger charge is -2.06. The van der Waals surface area contributed by atoms with Crippen molar-refractivity contribution in [2.45, 2.75) is 33.2 Å². The molecule has 0 bridgehead atoms. The third kappa shape index (κ3) is 1.43. The zero-order valence-electron chi connectivity index (χ0n) is 7.22. The summed E-state index contributed by atoms with van der Waals surface area (Å²) in [6.45, 7) is 5.86. The Morgan fingerprint density at radius 2 is 2.18 bits per heavy atom. The Bertz CT molecular complexity index is 223. The van der Waals surface area contributed by atoms with E-state index < -0.39 is 0 Å². The van der Waals surface area contributed by atoms with E-state index in [1.807, 2.05) is 13.8 Å². The minimum atomic E-state index is 0.0706. The molecule has 0 radical (unpaired) electrons. The summed E-state index contributed by atoms with van der Waals surface area (Å²) in [4.78, 5) is 0. The van der Waals surface area contributed by atoms with E-state index in [0.717, 1.165) is 23.4 Å². The fourth-order valence-corrected chi connectivity index (χ4v) is 1.22. The highest BCUT2D eigenvalue weighted by atomic mass is 16.5. The van der Waals surface area contributed by atoms with Gasteiger partial charge in [-0.25, -0.2) is 0 Å². The number of aromatic nitrogens is 1. The zero-order chi connectivity index (χ0) is 8.43. The number of rotatable bonds is 2. The maximum absolute atomic E-state index is 5.84. The molecule has 0 fully saturated rings. The fourth-order valence-electron chi connectivity index (χ4n) is 1.22. The smallest absolute Gasteiger partial charge is 0.138 e. The van der Waals surface area contributed by atoms with Crippen molar-refractivity contribution in [2.24, 2.45) is 5.73 Å². The molecular weight excluding hydrogens is 140 g/mol. The third-order valence-electron chi connectivity index (χ3n) is 1.90. The van der Waals surface area contributed by atoms with Crippen molar-refractivity contribution in [3.05, 3.63) is 17.0 Å². The van der Waals surface area contributed by atoms with Gasteiger partial charge in [0.05, 0.1) is 5.69 Å². The Labute approximate surface area is 66.6 Å². The molecule has 3 nitrogen and oxygen atoms in total. The van der Waals surface area contributed by atoms with Gasteiger partial charge in [0.2, 0.25) is 0 Å². The molecule has 0 aliphatic rings. The van der Waals surface area contributed by atoms with Crippen molar-refractivity contribution < 1.29 is 4.52 Å². The van der Waals surface area contributed by atoms with Crippen molar-refractivity contribution in [3.8, 4) is 0 Å². The van der Waals surface area contributed by atoms with Crippen molar-refractivity contribution in [1.82, 2.24) is 5.16 Å². The molecule has 2 N–H and O–H groups in total. The topological polar surface area (TPSA) is 52.0 Å². The monoisotopic (exact) mass is 154 g/mol. The van der Waals surface area contributed by atoms with Crippen LogP contribution < -0.4 is 5.73 Å². The first-order valence-electron chi connectivity index (χ1n) is 3.85. The van der Waals surface area contributed by atoms with Crippen LogP contribution in [0.3, 0.4) is 0 Å². The Balaban J connectivity index is 3.00. The standard InChI is InChI=1S/C8H14N2O/c1-4-7(9)8-5(2)10-11-6(8)3/h7H,4,9H2,1-3H3/t7-/m0/s1. The van der Waals surface area contributed by atoms with Gasteiger partial charge in [-0.15, -0.1) is 0 Å². The van der Waals surface area contributed by atoms with Crippen LogP contribution >= 0.6 is 0 Å². The minimum Gasteiger partial charge on any atom is -0.361 e. The van der Waals surface area contributed by atoms with Gasteiger partial charge in [-0.2, -0.15) is 0 Å². The van der Waals surface area contributed by atoms with Crippen LogP contribution in [-0.4, -0.2) is 5.16 Å². The highest BCUT2D eigenvalue weighted by molar-refractivity contribution is 5.24. The van der Waals surface area contributed by atoms with Crippen molar-refractivity contribution in [3.63, 3.8) is 0 Å². The summed E-state index contributed by atoms with van der Waals surface area (Å²) in [5, 5.41) is 3.83. The molecule has 1 aromatic heterocycles. The average molecular weight is 154 g/mol. The van der Waals surface area contributed by atoms with Gasteiger partial charge in [0, 0.05) is 11.6 Å². The van der Waals surface area contributed by atoms with Crippen LogP contribution in [0.15, 0.2) is 4.52 Å². The van der Waals surface area contributed by atoms with Crippen molar-refractivity contribution in [2.75, 3.05) is 0 Å². The lowest BCUT2D eigenvalue weighted by molar-refractivity contribution is 0.391. The van der Waals surface area contributed by atoms with Crippen LogP contribution in [0.5, 0.6) is 0 Å². The Hall–Kier alpha value is -0.830. The average Bonchev–Trinajstić information content (AvgIpc) is 2.30. The minimum absolute atomic E-state index is 0.0706. The SMILES string of the molecule is CC[C@H](N)c1c(C)noc1C. The third-order valence-corrected chi connectivity index (χ3v) is 1.90. The quantitative estimate of drug-likeness (QED) is 0.705. The summed E-state index contributed by atoms with van der Waals surface area (Å²) in [5.74, 6) is 0.844. The Morgan fingerprint density at radius 3 is 2.55 bits per heavy atom. The van der Waals surface area contributed by atoms with Crippen LogP contribution in [0.25, 0.3) is 0 Å². The van der Waals surface area contributed by atoms with Gasteiger partial charge in [0.25, 0.3) is 0 Å². The number of hydrogen-bond donors (Lipinski definition) is 1. The number of hydrogen-bond acceptors (Lipinski definition) is 3. The summed E-state index contributed by atoms with van der Waals surface area (Å²) in [6.07, 6.45) is 0.920. The molecule has 1 heterocycles. The van der Waals surface area contributed by atoms with Gasteiger partial charge in [0.1, 0.15) is 5.76 Å². The summed E-state index contributed by atoms with van der Waals surface area (Å²) in [6, 6.07) is 0.0706. The van der Waals surface area contributed by atoms with Crippen molar-refractivity contribution >= 4 is 0 Å². The molecule has 0 spiro atoms. The molecule has 1 rings (SSSR count). The van der Waals surface area contributed by atoms with E-state index in [1.165, 1.54) is 0 Å². The second-order valence-electron chi connectivity index (χ2n) is 2.75. The van der Waals surface area contributed by atoms with E-state index >= 15 is 0 Å². The molecule has 0 saturated heterocycles. The molecule has 1 atom stereocenters. The Kier molecular flexibility index (Phi) is 2.29. The summed E-state index contributed by atoms with van der Waals surface area (Å²) < 4.78 is 4.99. The first-order valence-corrected chi connectivity index (χ1v) is 3.85. The number of aryl methyl sites for hydroxylation is 2. The lowest BCUT2D eigenvalue weighted by atomic mass is 10.0. The first kappa shape index (κ1) is 8.27.